The first kappa shape index (κ1) is 17.8. The zero-order valence-electron chi connectivity index (χ0n) is 14.2. The summed E-state index contributed by atoms with van der Waals surface area (Å²) in [6.45, 7) is 15.5. The lowest BCUT2D eigenvalue weighted by Crippen LogP contribution is -2.30. The molecule has 4 unspecified atom stereocenters. The quantitative estimate of drug-likeness (QED) is 0.636. The Labute approximate surface area is 128 Å². The summed E-state index contributed by atoms with van der Waals surface area (Å²) in [6.07, 6.45) is 8.21. The highest BCUT2D eigenvalue weighted by Crippen LogP contribution is 2.55. The fourth-order valence-electron chi connectivity index (χ4n) is 3.86. The molecule has 1 saturated heterocycles. The summed E-state index contributed by atoms with van der Waals surface area (Å²) in [4.78, 5) is 0. The third-order valence-electron chi connectivity index (χ3n) is 5.52. The minimum Gasteiger partial charge on any atom is -0.294 e. The molecule has 0 radical (unpaired) electrons. The second kappa shape index (κ2) is 7.17. The molecule has 2 heteroatoms. The molecule has 0 aliphatic carbocycles. The summed E-state index contributed by atoms with van der Waals surface area (Å²) in [5.41, 5.74) is 1.89. The van der Waals surface area contributed by atoms with Crippen molar-refractivity contribution in [1.29, 1.82) is 0 Å². The molecule has 0 aromatic carbocycles. The Morgan fingerprint density at radius 3 is 2.60 bits per heavy atom. The molecular weight excluding hydrogens is 262 g/mol. The van der Waals surface area contributed by atoms with Crippen molar-refractivity contribution in [1.82, 2.24) is 0 Å². The average Bonchev–Trinajstić information content (AvgIpc) is 2.80. The number of nitrogens with two attached hydrogens (primary N) is 1. The van der Waals surface area contributed by atoms with Crippen molar-refractivity contribution in [2.45, 2.75) is 53.9 Å². The smallest absolute Gasteiger partial charge is 0.00457 e. The molecule has 1 heterocycles. The van der Waals surface area contributed by atoms with Crippen LogP contribution in [0.15, 0.2) is 24.3 Å². The van der Waals surface area contributed by atoms with Crippen LogP contribution in [0.25, 0.3) is 0 Å². The van der Waals surface area contributed by atoms with E-state index in [1.54, 1.807) is 5.57 Å². The molecule has 1 aliphatic heterocycles. The molecule has 0 saturated carbocycles. The maximum absolute atomic E-state index is 6.68. The van der Waals surface area contributed by atoms with Crippen molar-refractivity contribution in [3.05, 3.63) is 24.3 Å². The van der Waals surface area contributed by atoms with Crippen LogP contribution in [-0.2, 0) is 0 Å². The molecule has 1 fully saturated rings. The molecule has 1 rings (SSSR count). The Morgan fingerprint density at radius 1 is 1.50 bits per heavy atom. The van der Waals surface area contributed by atoms with Crippen molar-refractivity contribution < 1.29 is 0 Å². The maximum Gasteiger partial charge on any atom is -0.00457 e. The molecule has 0 amide bonds. The highest BCUT2D eigenvalue weighted by Gasteiger charge is 2.40. The van der Waals surface area contributed by atoms with Crippen LogP contribution in [0.1, 0.15) is 53.9 Å². The van der Waals surface area contributed by atoms with Gasteiger partial charge in [0.05, 0.1) is 0 Å². The summed E-state index contributed by atoms with van der Waals surface area (Å²) in [6, 6.07) is 0. The summed E-state index contributed by atoms with van der Waals surface area (Å²) in [5, 5.41) is 6.68. The van der Waals surface area contributed by atoms with Crippen LogP contribution in [0.2, 0.25) is 0 Å². The second-order valence-corrected chi connectivity index (χ2v) is 10.1. The van der Waals surface area contributed by atoms with E-state index in [4.69, 9.17) is 5.14 Å². The molecular formula is C18H35NS. The first-order valence-electron chi connectivity index (χ1n) is 8.20. The Morgan fingerprint density at radius 2 is 2.15 bits per heavy atom. The third kappa shape index (κ3) is 3.51. The Hall–Kier alpha value is -0.210. The fraction of sp³-hybridized carbons (Fsp3) is 0.778. The predicted molar refractivity (Wildman–Crippen MR) is 96.3 cm³/mol. The van der Waals surface area contributed by atoms with Crippen LogP contribution >= 0.6 is 10.2 Å². The van der Waals surface area contributed by atoms with Gasteiger partial charge in [0.1, 0.15) is 0 Å². The molecule has 20 heavy (non-hydrogen) atoms. The highest BCUT2D eigenvalue weighted by atomic mass is 32.3. The van der Waals surface area contributed by atoms with E-state index >= 15 is 0 Å². The van der Waals surface area contributed by atoms with Gasteiger partial charge in [-0.2, -0.15) is 10.2 Å². The lowest BCUT2D eigenvalue weighted by atomic mass is 9.66. The van der Waals surface area contributed by atoms with E-state index in [-0.39, 0.29) is 5.41 Å². The molecule has 4 atom stereocenters. The van der Waals surface area contributed by atoms with E-state index in [1.165, 1.54) is 36.5 Å². The zero-order chi connectivity index (χ0) is 15.4. The van der Waals surface area contributed by atoms with Gasteiger partial charge in [0.25, 0.3) is 0 Å². The average molecular weight is 298 g/mol. The topological polar surface area (TPSA) is 26.0 Å². The van der Waals surface area contributed by atoms with E-state index in [1.807, 2.05) is 0 Å². The summed E-state index contributed by atoms with van der Waals surface area (Å²) < 4.78 is 0. The van der Waals surface area contributed by atoms with Crippen molar-refractivity contribution in [2.24, 2.45) is 22.4 Å². The van der Waals surface area contributed by atoms with Crippen LogP contribution in [0.3, 0.4) is 0 Å². The van der Waals surface area contributed by atoms with E-state index in [9.17, 15) is 0 Å². The lowest BCUT2D eigenvalue weighted by Gasteiger charge is -2.40. The van der Waals surface area contributed by atoms with Gasteiger partial charge in [-0.1, -0.05) is 45.4 Å². The van der Waals surface area contributed by atoms with Gasteiger partial charge >= 0.3 is 0 Å². The second-order valence-electron chi connectivity index (χ2n) is 6.71. The minimum atomic E-state index is -0.826. The Kier molecular flexibility index (Phi) is 6.40. The standard InChI is InChI=1S/C18H35NS/c1-7-12-20(19)13-11-16(14-20)17(9-3)18(6,10-4)15(5)8-2/h8-9,15-16H,2,7,10-14,19H2,1,3-6H3/b17-9-. The lowest BCUT2D eigenvalue weighted by molar-refractivity contribution is 0.267. The van der Waals surface area contributed by atoms with Gasteiger partial charge in [-0.25, -0.2) is 0 Å². The maximum atomic E-state index is 6.68. The van der Waals surface area contributed by atoms with Crippen LogP contribution in [0.5, 0.6) is 0 Å². The first-order valence-corrected chi connectivity index (χ1v) is 10.4. The minimum absolute atomic E-state index is 0.248. The van der Waals surface area contributed by atoms with Crippen molar-refractivity contribution >= 4 is 10.2 Å². The molecule has 2 N–H and O–H groups in total. The number of rotatable bonds is 7. The van der Waals surface area contributed by atoms with Crippen LogP contribution in [-0.4, -0.2) is 17.3 Å². The van der Waals surface area contributed by atoms with Crippen molar-refractivity contribution in [3.8, 4) is 0 Å². The predicted octanol–water partition coefficient (Wildman–Crippen LogP) is 5.28. The normalized spacial score (nSPS) is 35.1. The monoisotopic (exact) mass is 297 g/mol. The first-order chi connectivity index (χ1) is 9.36. The van der Waals surface area contributed by atoms with Crippen LogP contribution in [0, 0.1) is 17.3 Å². The SMILES string of the molecule is C=CC(C)C(C)(CC)/C(=C\C)C1CCS(N)(CCC)C1. The summed E-state index contributed by atoms with van der Waals surface area (Å²) in [5.74, 6) is 5.00. The van der Waals surface area contributed by atoms with Gasteiger partial charge in [0.15, 0.2) is 0 Å². The van der Waals surface area contributed by atoms with E-state index < -0.39 is 10.2 Å². The number of hydrogen-bond acceptors (Lipinski definition) is 1. The molecule has 0 bridgehead atoms. The fourth-order valence-corrected chi connectivity index (χ4v) is 7.11. The van der Waals surface area contributed by atoms with Gasteiger partial charge in [0.2, 0.25) is 0 Å². The summed E-state index contributed by atoms with van der Waals surface area (Å²) in [7, 11) is -0.826. The van der Waals surface area contributed by atoms with Crippen molar-refractivity contribution in [3.63, 3.8) is 0 Å². The van der Waals surface area contributed by atoms with Gasteiger partial charge < -0.3 is 0 Å². The summed E-state index contributed by atoms with van der Waals surface area (Å²) >= 11 is 0. The molecule has 1 nitrogen and oxygen atoms in total. The van der Waals surface area contributed by atoms with Crippen LogP contribution in [0.4, 0.5) is 0 Å². The Bertz CT molecular complexity index is 362. The van der Waals surface area contributed by atoms with Crippen LogP contribution < -0.4 is 5.14 Å². The molecule has 0 spiro atoms. The molecule has 118 valence electrons. The Balaban J connectivity index is 2.95. The molecule has 0 aromatic rings. The largest absolute Gasteiger partial charge is 0.294 e. The number of allylic oxidation sites excluding steroid dienone is 3. The third-order valence-corrected chi connectivity index (χ3v) is 8.86. The van der Waals surface area contributed by atoms with E-state index in [0.717, 1.165) is 0 Å². The molecule has 0 aromatic heterocycles. The van der Waals surface area contributed by atoms with E-state index in [0.29, 0.717) is 11.8 Å². The van der Waals surface area contributed by atoms with Crippen molar-refractivity contribution in [2.75, 3.05) is 17.3 Å². The van der Waals surface area contributed by atoms with Gasteiger partial charge in [-0.05, 0) is 60.7 Å². The zero-order valence-corrected chi connectivity index (χ0v) is 15.1. The molecule has 1 aliphatic rings. The van der Waals surface area contributed by atoms with Gasteiger partial charge in [-0.15, -0.1) is 6.58 Å². The highest BCUT2D eigenvalue weighted by molar-refractivity contribution is 8.32. The van der Waals surface area contributed by atoms with Gasteiger partial charge in [0, 0.05) is 0 Å². The number of hydrogen-bond donors (Lipinski definition) is 1. The van der Waals surface area contributed by atoms with E-state index in [2.05, 4.69) is 53.3 Å². The van der Waals surface area contributed by atoms with Gasteiger partial charge in [-0.3, -0.25) is 5.14 Å².